The fourth-order valence-electron chi connectivity index (χ4n) is 2.21. The van der Waals surface area contributed by atoms with Crippen molar-refractivity contribution < 1.29 is 13.9 Å². The molecule has 22 heavy (non-hydrogen) atoms. The molecule has 2 aromatic carbocycles. The molecule has 1 aromatic heterocycles. The smallest absolute Gasteiger partial charge is 0.308 e. The number of aryl methyl sites for hydroxylation is 1. The summed E-state index contributed by atoms with van der Waals surface area (Å²) < 4.78 is 10.3. The maximum Gasteiger partial charge on any atom is 0.308 e. The van der Waals surface area contributed by atoms with Crippen molar-refractivity contribution in [1.82, 2.24) is 4.98 Å². The van der Waals surface area contributed by atoms with Crippen LogP contribution in [-0.4, -0.2) is 11.0 Å². The van der Waals surface area contributed by atoms with Crippen LogP contribution in [0, 0.1) is 6.92 Å². The lowest BCUT2D eigenvalue weighted by molar-refractivity contribution is -0.131. The summed E-state index contributed by atoms with van der Waals surface area (Å²) in [5.74, 6) is 0.881. The van der Waals surface area contributed by atoms with Gasteiger partial charge in [0, 0.05) is 19.4 Å². The van der Waals surface area contributed by atoms with Crippen LogP contribution in [0.5, 0.6) is 5.75 Å². The highest BCUT2D eigenvalue weighted by Crippen LogP contribution is 2.26. The van der Waals surface area contributed by atoms with Gasteiger partial charge in [0.15, 0.2) is 5.89 Å². The first-order chi connectivity index (χ1) is 10.6. The highest BCUT2D eigenvalue weighted by atomic mass is 16.5. The van der Waals surface area contributed by atoms with E-state index in [1.807, 2.05) is 43.3 Å². The zero-order valence-electron chi connectivity index (χ0n) is 12.4. The van der Waals surface area contributed by atoms with E-state index in [-0.39, 0.29) is 5.97 Å². The monoisotopic (exact) mass is 293 g/mol. The Labute approximate surface area is 128 Å². The zero-order valence-corrected chi connectivity index (χ0v) is 12.4. The van der Waals surface area contributed by atoms with Gasteiger partial charge in [0.25, 0.3) is 0 Å². The number of benzene rings is 2. The second-order valence-corrected chi connectivity index (χ2v) is 4.95. The van der Waals surface area contributed by atoms with Crippen LogP contribution in [0.1, 0.15) is 12.8 Å². The van der Waals surface area contributed by atoms with Crippen LogP contribution in [0.4, 0.5) is 0 Å². The lowest BCUT2D eigenvalue weighted by Crippen LogP contribution is -2.00. The second kappa shape index (κ2) is 5.85. The molecule has 0 saturated carbocycles. The summed E-state index contributed by atoms with van der Waals surface area (Å²) >= 11 is 0. The lowest BCUT2D eigenvalue weighted by Gasteiger charge is -2.05. The number of ether oxygens (including phenoxy) is 1. The fraction of sp³-hybridized carbons (Fsp3) is 0.111. The van der Waals surface area contributed by atoms with E-state index in [2.05, 4.69) is 4.98 Å². The van der Waals surface area contributed by atoms with Crippen LogP contribution < -0.4 is 4.74 Å². The van der Waals surface area contributed by atoms with Crippen LogP contribution in [0.2, 0.25) is 0 Å². The van der Waals surface area contributed by atoms with Crippen molar-refractivity contribution in [3.8, 4) is 28.1 Å². The van der Waals surface area contributed by atoms with Gasteiger partial charge in [0.1, 0.15) is 17.7 Å². The molecular weight excluding hydrogens is 278 g/mol. The van der Waals surface area contributed by atoms with Gasteiger partial charge in [-0.25, -0.2) is 4.98 Å². The summed E-state index contributed by atoms with van der Waals surface area (Å²) in [6.07, 6.45) is 1.65. The SMILES string of the molecule is CC(=O)Oc1ccc(-c2ccc(-c3coc(C)n3)cc2)cc1. The Bertz CT molecular complexity index is 786. The Morgan fingerprint density at radius 3 is 2.00 bits per heavy atom. The third kappa shape index (κ3) is 3.06. The van der Waals surface area contributed by atoms with E-state index < -0.39 is 0 Å². The van der Waals surface area contributed by atoms with E-state index in [4.69, 9.17) is 9.15 Å². The summed E-state index contributed by atoms with van der Waals surface area (Å²) in [5.41, 5.74) is 3.98. The van der Waals surface area contributed by atoms with Gasteiger partial charge >= 0.3 is 5.97 Å². The second-order valence-electron chi connectivity index (χ2n) is 4.95. The molecule has 110 valence electrons. The lowest BCUT2D eigenvalue weighted by atomic mass is 10.0. The highest BCUT2D eigenvalue weighted by Gasteiger charge is 2.05. The Balaban J connectivity index is 1.82. The standard InChI is InChI=1S/C18H15NO3/c1-12-19-18(11-21-12)16-5-3-14(4-6-16)15-7-9-17(10-8-15)22-13(2)20/h3-11H,1-2H3. The molecule has 0 aliphatic rings. The van der Waals surface area contributed by atoms with E-state index >= 15 is 0 Å². The van der Waals surface area contributed by atoms with Gasteiger partial charge in [0.05, 0.1) is 0 Å². The molecule has 4 nitrogen and oxygen atoms in total. The van der Waals surface area contributed by atoms with Gasteiger partial charge in [-0.3, -0.25) is 4.79 Å². The van der Waals surface area contributed by atoms with E-state index in [1.54, 1.807) is 18.4 Å². The molecule has 1 heterocycles. The minimum atomic E-state index is -0.319. The van der Waals surface area contributed by atoms with Crippen LogP contribution in [0.3, 0.4) is 0 Å². The van der Waals surface area contributed by atoms with Crippen molar-refractivity contribution in [3.05, 3.63) is 60.7 Å². The molecule has 0 spiro atoms. The summed E-state index contributed by atoms with van der Waals surface area (Å²) in [4.78, 5) is 15.2. The number of carbonyl (C=O) groups is 1. The van der Waals surface area contributed by atoms with Gasteiger partial charge in [-0.05, 0) is 23.3 Å². The fourth-order valence-corrected chi connectivity index (χ4v) is 2.21. The minimum Gasteiger partial charge on any atom is -0.449 e. The third-order valence-electron chi connectivity index (χ3n) is 3.25. The number of esters is 1. The van der Waals surface area contributed by atoms with Gasteiger partial charge < -0.3 is 9.15 Å². The normalized spacial score (nSPS) is 10.5. The molecule has 0 fully saturated rings. The number of rotatable bonds is 3. The molecule has 0 radical (unpaired) electrons. The molecular formula is C18H15NO3. The maximum atomic E-state index is 10.9. The van der Waals surface area contributed by atoms with Gasteiger partial charge in [-0.2, -0.15) is 0 Å². The summed E-state index contributed by atoms with van der Waals surface area (Å²) in [7, 11) is 0. The van der Waals surface area contributed by atoms with E-state index in [0.29, 0.717) is 11.6 Å². The number of aromatic nitrogens is 1. The van der Waals surface area contributed by atoms with Crippen molar-refractivity contribution in [2.75, 3.05) is 0 Å². The number of nitrogens with zero attached hydrogens (tertiary/aromatic N) is 1. The van der Waals surface area contributed by atoms with Crippen molar-refractivity contribution >= 4 is 5.97 Å². The van der Waals surface area contributed by atoms with Crippen molar-refractivity contribution in [2.24, 2.45) is 0 Å². The van der Waals surface area contributed by atoms with Gasteiger partial charge in [0.2, 0.25) is 0 Å². The Kier molecular flexibility index (Phi) is 3.74. The Hall–Kier alpha value is -2.88. The Morgan fingerprint density at radius 1 is 0.955 bits per heavy atom. The number of hydrogen-bond donors (Lipinski definition) is 0. The average Bonchev–Trinajstić information content (AvgIpc) is 2.94. The molecule has 0 unspecified atom stereocenters. The number of oxazole rings is 1. The number of hydrogen-bond acceptors (Lipinski definition) is 4. The molecule has 0 atom stereocenters. The van der Waals surface area contributed by atoms with Crippen molar-refractivity contribution in [2.45, 2.75) is 13.8 Å². The van der Waals surface area contributed by atoms with Crippen LogP contribution in [-0.2, 0) is 4.79 Å². The molecule has 3 rings (SSSR count). The topological polar surface area (TPSA) is 52.3 Å². The van der Waals surface area contributed by atoms with Crippen LogP contribution in [0.25, 0.3) is 22.4 Å². The molecule has 3 aromatic rings. The molecule has 0 bridgehead atoms. The van der Waals surface area contributed by atoms with Crippen molar-refractivity contribution in [1.29, 1.82) is 0 Å². The molecule has 4 heteroatoms. The first-order valence-electron chi connectivity index (χ1n) is 6.93. The molecule has 0 aliphatic carbocycles. The molecule has 0 aliphatic heterocycles. The predicted molar refractivity (Wildman–Crippen MR) is 83.4 cm³/mol. The largest absolute Gasteiger partial charge is 0.449 e. The van der Waals surface area contributed by atoms with Crippen molar-refractivity contribution in [3.63, 3.8) is 0 Å². The molecule has 0 N–H and O–H groups in total. The Morgan fingerprint density at radius 2 is 1.50 bits per heavy atom. The molecule has 0 amide bonds. The maximum absolute atomic E-state index is 10.9. The van der Waals surface area contributed by atoms with Crippen LogP contribution in [0.15, 0.2) is 59.2 Å². The summed E-state index contributed by atoms with van der Waals surface area (Å²) in [6.45, 7) is 3.21. The minimum absolute atomic E-state index is 0.319. The third-order valence-corrected chi connectivity index (χ3v) is 3.25. The van der Waals surface area contributed by atoms with Gasteiger partial charge in [-0.1, -0.05) is 36.4 Å². The quantitative estimate of drug-likeness (QED) is 0.535. The van der Waals surface area contributed by atoms with Gasteiger partial charge in [-0.15, -0.1) is 0 Å². The predicted octanol–water partition coefficient (Wildman–Crippen LogP) is 4.24. The first-order valence-corrected chi connectivity index (χ1v) is 6.93. The van der Waals surface area contributed by atoms with E-state index in [1.165, 1.54) is 6.92 Å². The number of carbonyl (C=O) groups excluding carboxylic acids is 1. The van der Waals surface area contributed by atoms with E-state index in [9.17, 15) is 4.79 Å². The highest BCUT2D eigenvalue weighted by molar-refractivity contribution is 5.71. The van der Waals surface area contributed by atoms with E-state index in [0.717, 1.165) is 22.4 Å². The van der Waals surface area contributed by atoms with Crippen LogP contribution >= 0.6 is 0 Å². The summed E-state index contributed by atoms with van der Waals surface area (Å²) in [6, 6.07) is 15.5. The summed E-state index contributed by atoms with van der Waals surface area (Å²) in [5, 5.41) is 0. The average molecular weight is 293 g/mol. The first kappa shape index (κ1) is 14.1. The molecule has 0 saturated heterocycles. The zero-order chi connectivity index (χ0) is 15.5.